The van der Waals surface area contributed by atoms with Gasteiger partial charge in [0.25, 0.3) is 0 Å². The van der Waals surface area contributed by atoms with Crippen molar-refractivity contribution in [2.24, 2.45) is 0 Å². The molecule has 8 heteroatoms. The zero-order chi connectivity index (χ0) is 20.4. The van der Waals surface area contributed by atoms with Crippen LogP contribution in [-0.4, -0.2) is 15.0 Å². The minimum absolute atomic E-state index is 0.272. The van der Waals surface area contributed by atoms with Gasteiger partial charge in [-0.3, -0.25) is 23.5 Å². The number of hydrogen-bond donors (Lipinski definition) is 1. The Bertz CT molecular complexity index is 1180. The first-order chi connectivity index (χ1) is 13.3. The summed E-state index contributed by atoms with van der Waals surface area (Å²) in [4.78, 5) is 37.1. The zero-order valence-electron chi connectivity index (χ0n) is 15.2. The molecule has 28 heavy (non-hydrogen) atoms. The van der Waals surface area contributed by atoms with Gasteiger partial charge in [-0.15, -0.1) is 0 Å². The van der Waals surface area contributed by atoms with E-state index in [1.807, 2.05) is 0 Å². The second-order valence-corrected chi connectivity index (χ2v) is 6.78. The molecule has 1 N–H and O–H groups in total. The highest BCUT2D eigenvalue weighted by Gasteiger charge is 2.12. The third-order valence-corrected chi connectivity index (χ3v) is 4.51. The second-order valence-electron chi connectivity index (χ2n) is 6.34. The van der Waals surface area contributed by atoms with E-state index < -0.39 is 22.8 Å². The Labute approximate surface area is 164 Å². The van der Waals surface area contributed by atoms with Crippen LogP contribution >= 0.6 is 11.6 Å². The summed E-state index contributed by atoms with van der Waals surface area (Å²) in [6.07, 6.45) is 2.65. The predicted octanol–water partition coefficient (Wildman–Crippen LogP) is 3.05. The smallest absolute Gasteiger partial charge is 0.320 e. The minimum atomic E-state index is -0.885. The molecule has 144 valence electrons. The maximum absolute atomic E-state index is 13.5. The van der Waals surface area contributed by atoms with Gasteiger partial charge in [-0.1, -0.05) is 23.7 Å². The Balaban J connectivity index is 1.88. The Morgan fingerprint density at radius 2 is 1.75 bits per heavy atom. The van der Waals surface area contributed by atoms with Crippen LogP contribution in [0.5, 0.6) is 0 Å². The minimum Gasteiger partial charge on any atom is -0.324 e. The number of anilines is 1. The van der Waals surface area contributed by atoms with Crippen molar-refractivity contribution >= 4 is 23.2 Å². The SMILES string of the molecule is Cc1ccc(Cl)cc1NC(=O)Cn1ccn(-c2cc(F)ccc2C)c(=O)c1=O. The molecule has 0 saturated heterocycles. The van der Waals surface area contributed by atoms with Crippen molar-refractivity contribution in [2.75, 3.05) is 5.32 Å². The Hall–Kier alpha value is -3.19. The van der Waals surface area contributed by atoms with Crippen molar-refractivity contribution < 1.29 is 9.18 Å². The van der Waals surface area contributed by atoms with Crippen molar-refractivity contribution in [2.45, 2.75) is 20.4 Å². The highest BCUT2D eigenvalue weighted by atomic mass is 35.5. The number of rotatable bonds is 4. The molecule has 0 spiro atoms. The molecule has 2 aromatic carbocycles. The monoisotopic (exact) mass is 401 g/mol. The maximum Gasteiger partial charge on any atom is 0.320 e. The molecule has 1 aromatic heterocycles. The number of amides is 1. The number of benzene rings is 2. The molecule has 0 aliphatic carbocycles. The summed E-state index contributed by atoms with van der Waals surface area (Å²) in [5, 5.41) is 3.13. The van der Waals surface area contributed by atoms with E-state index in [0.29, 0.717) is 16.3 Å². The fraction of sp³-hybridized carbons (Fsp3) is 0.150. The van der Waals surface area contributed by atoms with Gasteiger partial charge in [0, 0.05) is 23.1 Å². The standard InChI is InChI=1S/C20H17ClFN3O3/c1-12-3-5-14(21)9-16(12)23-18(26)11-24-7-8-25(20(28)19(24)27)17-10-15(22)6-4-13(17)2/h3-10H,11H2,1-2H3,(H,23,26). The number of hydrogen-bond acceptors (Lipinski definition) is 3. The molecule has 0 atom stereocenters. The van der Waals surface area contributed by atoms with Crippen LogP contribution in [0.3, 0.4) is 0 Å². The van der Waals surface area contributed by atoms with Crippen molar-refractivity contribution in [3.8, 4) is 5.69 Å². The molecule has 0 bridgehead atoms. The van der Waals surface area contributed by atoms with Gasteiger partial charge in [-0.2, -0.15) is 0 Å². The third-order valence-electron chi connectivity index (χ3n) is 4.28. The number of nitrogens with one attached hydrogen (secondary N) is 1. The van der Waals surface area contributed by atoms with Crippen LogP contribution in [0.1, 0.15) is 11.1 Å². The topological polar surface area (TPSA) is 73.1 Å². The Kier molecular flexibility index (Phi) is 5.46. The summed E-state index contributed by atoms with van der Waals surface area (Å²) in [5.41, 5.74) is 0.478. The lowest BCUT2D eigenvalue weighted by Gasteiger charge is -2.12. The van der Waals surface area contributed by atoms with E-state index >= 15 is 0 Å². The Morgan fingerprint density at radius 1 is 1.04 bits per heavy atom. The van der Waals surface area contributed by atoms with Crippen LogP contribution in [0.4, 0.5) is 10.1 Å². The zero-order valence-corrected chi connectivity index (χ0v) is 16.0. The molecule has 0 saturated carbocycles. The van der Waals surface area contributed by atoms with Gasteiger partial charge < -0.3 is 5.32 Å². The molecule has 0 aliphatic rings. The summed E-state index contributed by atoms with van der Waals surface area (Å²) < 4.78 is 15.6. The van der Waals surface area contributed by atoms with E-state index in [-0.39, 0.29) is 12.2 Å². The van der Waals surface area contributed by atoms with Crippen LogP contribution in [0.15, 0.2) is 58.4 Å². The number of aromatic nitrogens is 2. The molecule has 0 aliphatic heterocycles. The normalized spacial score (nSPS) is 10.7. The first-order valence-electron chi connectivity index (χ1n) is 8.41. The molecular formula is C20H17ClFN3O3. The second kappa shape index (κ2) is 7.82. The predicted molar refractivity (Wildman–Crippen MR) is 106 cm³/mol. The van der Waals surface area contributed by atoms with Crippen molar-refractivity contribution in [3.05, 3.63) is 91.5 Å². The first kappa shape index (κ1) is 19.6. The number of carbonyl (C=O) groups excluding carboxylic acids is 1. The molecule has 1 amide bonds. The molecular weight excluding hydrogens is 385 g/mol. The molecule has 0 radical (unpaired) electrons. The molecule has 0 unspecified atom stereocenters. The molecule has 0 fully saturated rings. The molecule has 1 heterocycles. The molecule has 6 nitrogen and oxygen atoms in total. The van der Waals surface area contributed by atoms with Crippen LogP contribution in [-0.2, 0) is 11.3 Å². The Morgan fingerprint density at radius 3 is 2.50 bits per heavy atom. The van der Waals surface area contributed by atoms with Gasteiger partial charge in [-0.25, -0.2) is 4.39 Å². The number of nitrogens with zero attached hydrogens (tertiary/aromatic N) is 2. The highest BCUT2D eigenvalue weighted by Crippen LogP contribution is 2.20. The van der Waals surface area contributed by atoms with Gasteiger partial charge in [0.2, 0.25) is 5.91 Å². The van der Waals surface area contributed by atoms with Crippen LogP contribution in [0.25, 0.3) is 5.69 Å². The fourth-order valence-electron chi connectivity index (χ4n) is 2.74. The average molecular weight is 402 g/mol. The third kappa shape index (κ3) is 4.04. The fourth-order valence-corrected chi connectivity index (χ4v) is 2.91. The quantitative estimate of drug-likeness (QED) is 0.683. The lowest BCUT2D eigenvalue weighted by Crippen LogP contribution is -2.41. The van der Waals surface area contributed by atoms with Crippen molar-refractivity contribution in [1.29, 1.82) is 0 Å². The van der Waals surface area contributed by atoms with Crippen LogP contribution in [0, 0.1) is 19.7 Å². The largest absolute Gasteiger partial charge is 0.324 e. The van der Waals surface area contributed by atoms with Gasteiger partial charge in [-0.05, 0) is 49.2 Å². The van der Waals surface area contributed by atoms with E-state index in [9.17, 15) is 18.8 Å². The average Bonchev–Trinajstić information content (AvgIpc) is 2.64. The molecule has 3 aromatic rings. The van der Waals surface area contributed by atoms with Gasteiger partial charge >= 0.3 is 11.1 Å². The lowest BCUT2D eigenvalue weighted by molar-refractivity contribution is -0.116. The van der Waals surface area contributed by atoms with E-state index in [1.165, 1.54) is 30.6 Å². The van der Waals surface area contributed by atoms with Gasteiger partial charge in [0.1, 0.15) is 12.4 Å². The lowest BCUT2D eigenvalue weighted by atomic mass is 10.2. The van der Waals surface area contributed by atoms with E-state index in [1.54, 1.807) is 32.0 Å². The summed E-state index contributed by atoms with van der Waals surface area (Å²) in [6, 6.07) is 9.02. The first-order valence-corrected chi connectivity index (χ1v) is 8.78. The summed E-state index contributed by atoms with van der Waals surface area (Å²) in [7, 11) is 0. The maximum atomic E-state index is 13.5. The highest BCUT2D eigenvalue weighted by molar-refractivity contribution is 6.31. The van der Waals surface area contributed by atoms with Crippen molar-refractivity contribution in [3.63, 3.8) is 0 Å². The molecule has 3 rings (SSSR count). The number of halogens is 2. The van der Waals surface area contributed by atoms with E-state index in [2.05, 4.69) is 5.32 Å². The number of aryl methyl sites for hydroxylation is 2. The van der Waals surface area contributed by atoms with Gasteiger partial charge in [0.05, 0.1) is 5.69 Å². The summed E-state index contributed by atoms with van der Waals surface area (Å²) in [6.45, 7) is 3.16. The van der Waals surface area contributed by atoms with E-state index in [4.69, 9.17) is 11.6 Å². The number of carbonyl (C=O) groups is 1. The van der Waals surface area contributed by atoms with Crippen LogP contribution in [0.2, 0.25) is 5.02 Å². The van der Waals surface area contributed by atoms with Crippen molar-refractivity contribution in [1.82, 2.24) is 9.13 Å². The summed E-state index contributed by atoms with van der Waals surface area (Å²) >= 11 is 5.93. The van der Waals surface area contributed by atoms with Gasteiger partial charge in [0.15, 0.2) is 0 Å². The van der Waals surface area contributed by atoms with Crippen LogP contribution < -0.4 is 16.4 Å². The van der Waals surface area contributed by atoms with E-state index in [0.717, 1.165) is 14.7 Å². The summed E-state index contributed by atoms with van der Waals surface area (Å²) in [5.74, 6) is -1.00.